The molecule has 0 fully saturated rings. The third kappa shape index (κ3) is 5.50. The summed E-state index contributed by atoms with van der Waals surface area (Å²) in [6.07, 6.45) is 0.596. The van der Waals surface area contributed by atoms with Gasteiger partial charge in [0.25, 0.3) is 0 Å². The fraction of sp³-hybridized carbons (Fsp3) is 0.278. The van der Waals surface area contributed by atoms with Crippen LogP contribution in [-0.2, 0) is 27.8 Å². The van der Waals surface area contributed by atoms with Gasteiger partial charge in [0, 0.05) is 22.3 Å². The number of hydrogen-bond donors (Lipinski definition) is 2. The molecule has 1 aromatic carbocycles. The van der Waals surface area contributed by atoms with Gasteiger partial charge in [-0.25, -0.2) is 13.1 Å². The molecule has 2 aromatic heterocycles. The first-order valence-electron chi connectivity index (χ1n) is 8.72. The van der Waals surface area contributed by atoms with Gasteiger partial charge >= 0.3 is 0 Å². The Bertz CT molecular complexity index is 1120. The van der Waals surface area contributed by atoms with Crippen molar-refractivity contribution in [3.8, 4) is 10.7 Å². The SMILES string of the molecule is CCc1nc(-c2cc(S(=O)(=O)NCC(=O)NCc3cccc(Br)c3)c(C)s2)no1. The fourth-order valence-corrected chi connectivity index (χ4v) is 5.43. The van der Waals surface area contributed by atoms with E-state index in [1.807, 2.05) is 31.2 Å². The van der Waals surface area contributed by atoms with Gasteiger partial charge in [-0.3, -0.25) is 4.79 Å². The fourth-order valence-electron chi connectivity index (χ4n) is 2.49. The van der Waals surface area contributed by atoms with Crippen LogP contribution < -0.4 is 10.0 Å². The molecule has 11 heteroatoms. The second-order valence-electron chi connectivity index (χ2n) is 6.13. The van der Waals surface area contributed by atoms with E-state index in [-0.39, 0.29) is 11.4 Å². The number of thiophene rings is 1. The zero-order valence-corrected chi connectivity index (χ0v) is 18.9. The summed E-state index contributed by atoms with van der Waals surface area (Å²) in [6, 6.07) is 8.98. The van der Waals surface area contributed by atoms with Crippen molar-refractivity contribution < 1.29 is 17.7 Å². The molecule has 2 heterocycles. The summed E-state index contributed by atoms with van der Waals surface area (Å²) in [4.78, 5) is 17.5. The molecular formula is C18H19BrN4O4S2. The lowest BCUT2D eigenvalue weighted by Gasteiger charge is -2.08. The minimum absolute atomic E-state index is 0.0974. The Labute approximate surface area is 180 Å². The molecule has 3 rings (SSSR count). The molecule has 0 spiro atoms. The quantitative estimate of drug-likeness (QED) is 0.493. The zero-order valence-electron chi connectivity index (χ0n) is 15.7. The van der Waals surface area contributed by atoms with E-state index in [0.29, 0.717) is 34.4 Å². The Morgan fingerprint density at radius 2 is 2.10 bits per heavy atom. The molecule has 2 N–H and O–H groups in total. The number of benzene rings is 1. The Morgan fingerprint density at radius 1 is 1.31 bits per heavy atom. The van der Waals surface area contributed by atoms with E-state index in [9.17, 15) is 13.2 Å². The number of nitrogens with one attached hydrogen (secondary N) is 2. The largest absolute Gasteiger partial charge is 0.351 e. The van der Waals surface area contributed by atoms with Crippen molar-refractivity contribution in [3.63, 3.8) is 0 Å². The molecular weight excluding hydrogens is 480 g/mol. The summed E-state index contributed by atoms with van der Waals surface area (Å²) < 4.78 is 33.6. The van der Waals surface area contributed by atoms with Crippen LogP contribution in [0.25, 0.3) is 10.7 Å². The van der Waals surface area contributed by atoms with Crippen molar-refractivity contribution in [2.45, 2.75) is 31.7 Å². The lowest BCUT2D eigenvalue weighted by Crippen LogP contribution is -2.36. The van der Waals surface area contributed by atoms with Gasteiger partial charge in [0.1, 0.15) is 0 Å². The van der Waals surface area contributed by atoms with E-state index in [4.69, 9.17) is 4.52 Å². The van der Waals surface area contributed by atoms with E-state index in [1.54, 1.807) is 6.92 Å². The number of rotatable bonds is 8. The maximum absolute atomic E-state index is 12.6. The highest BCUT2D eigenvalue weighted by Crippen LogP contribution is 2.31. The number of carbonyl (C=O) groups excluding carboxylic acids is 1. The van der Waals surface area contributed by atoms with Gasteiger partial charge in [-0.15, -0.1) is 11.3 Å². The Hall–Kier alpha value is -2.08. The van der Waals surface area contributed by atoms with Crippen LogP contribution in [-0.4, -0.2) is 31.0 Å². The minimum atomic E-state index is -3.86. The van der Waals surface area contributed by atoms with E-state index >= 15 is 0 Å². The summed E-state index contributed by atoms with van der Waals surface area (Å²) in [5, 5.41) is 6.56. The number of halogens is 1. The first-order valence-corrected chi connectivity index (χ1v) is 11.8. The number of sulfonamides is 1. The summed E-state index contributed by atoms with van der Waals surface area (Å²) in [7, 11) is -3.86. The molecule has 0 aliphatic carbocycles. The Kier molecular flexibility index (Phi) is 6.83. The highest BCUT2D eigenvalue weighted by Gasteiger charge is 2.23. The first kappa shape index (κ1) is 21.6. The lowest BCUT2D eigenvalue weighted by molar-refractivity contribution is -0.120. The molecule has 0 bridgehead atoms. The van der Waals surface area contributed by atoms with Gasteiger partial charge < -0.3 is 9.84 Å². The number of nitrogens with zero attached hydrogens (tertiary/aromatic N) is 2. The molecule has 29 heavy (non-hydrogen) atoms. The first-order chi connectivity index (χ1) is 13.8. The maximum atomic E-state index is 12.6. The van der Waals surface area contributed by atoms with Gasteiger partial charge in [0.2, 0.25) is 27.6 Å². The van der Waals surface area contributed by atoms with E-state index in [1.165, 1.54) is 17.4 Å². The molecule has 154 valence electrons. The van der Waals surface area contributed by atoms with Gasteiger partial charge in [-0.2, -0.15) is 4.98 Å². The Morgan fingerprint density at radius 3 is 2.79 bits per heavy atom. The van der Waals surface area contributed by atoms with Gasteiger partial charge in [0.15, 0.2) is 0 Å². The number of carbonyl (C=O) groups is 1. The van der Waals surface area contributed by atoms with E-state index in [0.717, 1.165) is 10.0 Å². The third-order valence-electron chi connectivity index (χ3n) is 3.95. The Balaban J connectivity index is 1.62. The van der Waals surface area contributed by atoms with Crippen LogP contribution in [0.15, 0.2) is 44.2 Å². The third-order valence-corrected chi connectivity index (χ3v) is 7.15. The molecule has 8 nitrogen and oxygen atoms in total. The average molecular weight is 499 g/mol. The van der Waals surface area contributed by atoms with Crippen LogP contribution in [0.1, 0.15) is 23.3 Å². The molecule has 0 unspecified atom stereocenters. The summed E-state index contributed by atoms with van der Waals surface area (Å²) in [5.74, 6) is 0.409. The van der Waals surface area contributed by atoms with Crippen molar-refractivity contribution in [1.29, 1.82) is 0 Å². The summed E-state index contributed by atoms with van der Waals surface area (Å²) in [5.41, 5.74) is 0.903. The summed E-state index contributed by atoms with van der Waals surface area (Å²) in [6.45, 7) is 3.53. The van der Waals surface area contributed by atoms with Crippen LogP contribution in [0.4, 0.5) is 0 Å². The van der Waals surface area contributed by atoms with Crippen molar-refractivity contribution in [2.24, 2.45) is 0 Å². The molecule has 0 saturated carbocycles. The van der Waals surface area contributed by atoms with Crippen molar-refractivity contribution in [1.82, 2.24) is 20.2 Å². The highest BCUT2D eigenvalue weighted by molar-refractivity contribution is 9.10. The molecule has 3 aromatic rings. The molecule has 0 aliphatic rings. The van der Waals surface area contributed by atoms with Crippen molar-refractivity contribution in [3.05, 3.63) is 51.1 Å². The van der Waals surface area contributed by atoms with Crippen molar-refractivity contribution >= 4 is 43.2 Å². The standard InChI is InChI=1S/C18H19BrN4O4S2/c1-3-17-22-18(23-27-17)14-8-15(11(2)28-14)29(25,26)21-10-16(24)20-9-12-5-4-6-13(19)7-12/h4-8,21H,3,9-10H2,1-2H3,(H,20,24). The smallest absolute Gasteiger partial charge is 0.242 e. The van der Waals surface area contributed by atoms with Crippen LogP contribution in [0.5, 0.6) is 0 Å². The zero-order chi connectivity index (χ0) is 21.0. The van der Waals surface area contributed by atoms with E-state index in [2.05, 4.69) is 36.1 Å². The number of hydrogen-bond acceptors (Lipinski definition) is 7. The van der Waals surface area contributed by atoms with Gasteiger partial charge in [0.05, 0.1) is 16.3 Å². The van der Waals surface area contributed by atoms with Crippen molar-refractivity contribution in [2.75, 3.05) is 6.54 Å². The number of amides is 1. The molecule has 0 atom stereocenters. The number of aromatic nitrogens is 2. The normalized spacial score (nSPS) is 11.6. The van der Waals surface area contributed by atoms with Crippen LogP contribution in [0.2, 0.25) is 0 Å². The molecule has 0 radical (unpaired) electrons. The predicted octanol–water partition coefficient (Wildman–Crippen LogP) is 3.03. The van der Waals surface area contributed by atoms with Gasteiger partial charge in [-0.05, 0) is 30.7 Å². The van der Waals surface area contributed by atoms with Crippen LogP contribution in [0.3, 0.4) is 0 Å². The highest BCUT2D eigenvalue weighted by atomic mass is 79.9. The van der Waals surface area contributed by atoms with E-state index < -0.39 is 15.9 Å². The predicted molar refractivity (Wildman–Crippen MR) is 113 cm³/mol. The van der Waals surface area contributed by atoms with Gasteiger partial charge in [-0.1, -0.05) is 40.1 Å². The summed E-state index contributed by atoms with van der Waals surface area (Å²) >= 11 is 4.62. The van der Waals surface area contributed by atoms with Crippen LogP contribution >= 0.6 is 27.3 Å². The second kappa shape index (κ2) is 9.16. The molecule has 0 saturated heterocycles. The van der Waals surface area contributed by atoms with Crippen LogP contribution in [0, 0.1) is 6.92 Å². The molecule has 1 amide bonds. The second-order valence-corrected chi connectivity index (χ2v) is 10.0. The number of aryl methyl sites for hydroxylation is 2. The maximum Gasteiger partial charge on any atom is 0.242 e. The topological polar surface area (TPSA) is 114 Å². The lowest BCUT2D eigenvalue weighted by atomic mass is 10.2. The molecule has 0 aliphatic heterocycles. The minimum Gasteiger partial charge on any atom is -0.351 e. The monoisotopic (exact) mass is 498 g/mol. The average Bonchev–Trinajstić information content (AvgIpc) is 3.31.